The molecule has 0 N–H and O–H groups in total. The van der Waals surface area contributed by atoms with E-state index in [0.717, 1.165) is 5.92 Å². The van der Waals surface area contributed by atoms with E-state index in [2.05, 4.69) is 18.9 Å². The van der Waals surface area contributed by atoms with Crippen LogP contribution >= 0.6 is 0 Å². The largest absolute Gasteiger partial charge is 0.306 e. The lowest BCUT2D eigenvalue weighted by Crippen LogP contribution is -2.19. The van der Waals surface area contributed by atoms with Crippen LogP contribution in [0.1, 0.15) is 19.8 Å². The Morgan fingerprint density at radius 3 is 2.50 bits per heavy atom. The summed E-state index contributed by atoms with van der Waals surface area (Å²) >= 11 is 0. The molecule has 1 aliphatic rings. The van der Waals surface area contributed by atoms with Gasteiger partial charge in [0.25, 0.3) is 0 Å². The summed E-state index contributed by atoms with van der Waals surface area (Å²) in [7, 11) is 2.19. The van der Waals surface area contributed by atoms with Crippen LogP contribution < -0.4 is 0 Å². The molecule has 0 saturated heterocycles. The van der Waals surface area contributed by atoms with Gasteiger partial charge in [-0.15, -0.1) is 0 Å². The minimum atomic E-state index is 1.06. The maximum Gasteiger partial charge on any atom is 0.000649 e. The minimum absolute atomic E-state index is 1.06. The standard InChI is InChI=1S/C7H15N/c1-3-8(2)6-7-4-5-7/h7H,3-6H2,1-2H3. The maximum atomic E-state index is 2.39. The third-order valence-electron chi connectivity index (χ3n) is 1.81. The Hall–Kier alpha value is -0.0400. The lowest BCUT2D eigenvalue weighted by atomic mass is 10.4. The zero-order valence-electron chi connectivity index (χ0n) is 5.85. The molecule has 0 heterocycles. The van der Waals surface area contributed by atoms with Crippen LogP contribution in [0.4, 0.5) is 0 Å². The van der Waals surface area contributed by atoms with E-state index in [-0.39, 0.29) is 0 Å². The molecular weight excluding hydrogens is 98.1 g/mol. The lowest BCUT2D eigenvalue weighted by molar-refractivity contribution is 0.338. The smallest absolute Gasteiger partial charge is 0.000649 e. The molecular formula is C7H15N. The predicted molar refractivity (Wildman–Crippen MR) is 35.9 cm³/mol. The van der Waals surface area contributed by atoms with E-state index in [9.17, 15) is 0 Å². The third-order valence-corrected chi connectivity index (χ3v) is 1.81. The van der Waals surface area contributed by atoms with Crippen molar-refractivity contribution in [3.8, 4) is 0 Å². The summed E-state index contributed by atoms with van der Waals surface area (Å²) < 4.78 is 0. The molecule has 0 aromatic rings. The topological polar surface area (TPSA) is 3.24 Å². The first-order valence-electron chi connectivity index (χ1n) is 3.51. The van der Waals surface area contributed by atoms with E-state index < -0.39 is 0 Å². The Morgan fingerprint density at radius 2 is 2.12 bits per heavy atom. The van der Waals surface area contributed by atoms with Crippen molar-refractivity contribution in [2.75, 3.05) is 20.1 Å². The zero-order valence-corrected chi connectivity index (χ0v) is 5.85. The van der Waals surface area contributed by atoms with Crippen molar-refractivity contribution in [3.63, 3.8) is 0 Å². The van der Waals surface area contributed by atoms with Crippen LogP contribution in [0.5, 0.6) is 0 Å². The van der Waals surface area contributed by atoms with E-state index in [1.807, 2.05) is 0 Å². The Morgan fingerprint density at radius 1 is 1.50 bits per heavy atom. The first kappa shape index (κ1) is 6.09. The number of hydrogen-bond acceptors (Lipinski definition) is 1. The van der Waals surface area contributed by atoms with Gasteiger partial charge in [-0.25, -0.2) is 0 Å². The third kappa shape index (κ3) is 1.83. The minimum Gasteiger partial charge on any atom is -0.306 e. The molecule has 0 spiro atoms. The second kappa shape index (κ2) is 2.49. The van der Waals surface area contributed by atoms with Gasteiger partial charge >= 0.3 is 0 Å². The van der Waals surface area contributed by atoms with Crippen molar-refractivity contribution >= 4 is 0 Å². The van der Waals surface area contributed by atoms with Gasteiger partial charge in [-0.05, 0) is 32.4 Å². The predicted octanol–water partition coefficient (Wildman–Crippen LogP) is 1.35. The molecule has 1 rings (SSSR count). The summed E-state index contributed by atoms with van der Waals surface area (Å²) in [6.07, 6.45) is 2.95. The summed E-state index contributed by atoms with van der Waals surface area (Å²) in [6, 6.07) is 0. The molecule has 1 nitrogen and oxygen atoms in total. The van der Waals surface area contributed by atoms with Crippen LogP contribution in [0, 0.1) is 5.92 Å². The average molecular weight is 113 g/mol. The fourth-order valence-corrected chi connectivity index (χ4v) is 0.870. The molecule has 0 amide bonds. The summed E-state index contributed by atoms with van der Waals surface area (Å²) in [4.78, 5) is 2.39. The molecule has 0 aliphatic heterocycles. The molecule has 1 heteroatoms. The molecule has 0 aromatic carbocycles. The van der Waals surface area contributed by atoms with Gasteiger partial charge < -0.3 is 4.90 Å². The fraction of sp³-hybridized carbons (Fsp3) is 1.00. The first-order valence-corrected chi connectivity index (χ1v) is 3.51. The Bertz CT molecular complexity index is 66.8. The van der Waals surface area contributed by atoms with E-state index in [1.54, 1.807) is 0 Å². The summed E-state index contributed by atoms with van der Waals surface area (Å²) in [5.74, 6) is 1.06. The van der Waals surface area contributed by atoms with Crippen LogP contribution in [0.15, 0.2) is 0 Å². The SMILES string of the molecule is CCN(C)CC1CC1. The van der Waals surface area contributed by atoms with E-state index in [0.29, 0.717) is 0 Å². The van der Waals surface area contributed by atoms with Crippen molar-refractivity contribution in [1.82, 2.24) is 4.90 Å². The molecule has 0 bridgehead atoms. The number of nitrogens with zero attached hydrogens (tertiary/aromatic N) is 1. The molecule has 1 fully saturated rings. The van der Waals surface area contributed by atoms with Crippen LogP contribution in [0.25, 0.3) is 0 Å². The van der Waals surface area contributed by atoms with E-state index in [4.69, 9.17) is 0 Å². The molecule has 48 valence electrons. The van der Waals surface area contributed by atoms with E-state index in [1.165, 1.54) is 25.9 Å². The van der Waals surface area contributed by atoms with Crippen molar-refractivity contribution in [3.05, 3.63) is 0 Å². The lowest BCUT2D eigenvalue weighted by Gasteiger charge is -2.11. The van der Waals surface area contributed by atoms with E-state index >= 15 is 0 Å². The molecule has 0 unspecified atom stereocenters. The van der Waals surface area contributed by atoms with Crippen LogP contribution in [0.3, 0.4) is 0 Å². The van der Waals surface area contributed by atoms with Crippen molar-refractivity contribution < 1.29 is 0 Å². The van der Waals surface area contributed by atoms with Gasteiger partial charge in [0.15, 0.2) is 0 Å². The second-order valence-corrected chi connectivity index (χ2v) is 2.80. The van der Waals surface area contributed by atoms with Gasteiger partial charge in [0.05, 0.1) is 0 Å². The Kier molecular flexibility index (Phi) is 1.90. The normalized spacial score (nSPS) is 19.9. The summed E-state index contributed by atoms with van der Waals surface area (Å²) in [5.41, 5.74) is 0. The van der Waals surface area contributed by atoms with Crippen LogP contribution in [-0.4, -0.2) is 25.0 Å². The van der Waals surface area contributed by atoms with Gasteiger partial charge in [0.2, 0.25) is 0 Å². The maximum absolute atomic E-state index is 2.39. The highest BCUT2D eigenvalue weighted by molar-refractivity contribution is 4.75. The molecule has 8 heavy (non-hydrogen) atoms. The van der Waals surface area contributed by atoms with Gasteiger partial charge in [-0.1, -0.05) is 6.92 Å². The summed E-state index contributed by atoms with van der Waals surface area (Å²) in [5, 5.41) is 0. The molecule has 1 saturated carbocycles. The number of hydrogen-bond donors (Lipinski definition) is 0. The second-order valence-electron chi connectivity index (χ2n) is 2.80. The Balaban J connectivity index is 1.98. The van der Waals surface area contributed by atoms with Gasteiger partial charge in [-0.2, -0.15) is 0 Å². The highest BCUT2D eigenvalue weighted by Gasteiger charge is 2.21. The molecule has 1 aliphatic carbocycles. The quantitative estimate of drug-likeness (QED) is 0.534. The van der Waals surface area contributed by atoms with Gasteiger partial charge in [0, 0.05) is 6.54 Å². The van der Waals surface area contributed by atoms with Crippen LogP contribution in [0.2, 0.25) is 0 Å². The highest BCUT2D eigenvalue weighted by atomic mass is 15.1. The molecule has 0 aromatic heterocycles. The zero-order chi connectivity index (χ0) is 5.98. The Labute approximate surface area is 51.7 Å². The number of rotatable bonds is 3. The highest BCUT2D eigenvalue weighted by Crippen LogP contribution is 2.28. The van der Waals surface area contributed by atoms with Crippen molar-refractivity contribution in [2.45, 2.75) is 19.8 Å². The summed E-state index contributed by atoms with van der Waals surface area (Å²) in [6.45, 7) is 4.75. The fourth-order valence-electron chi connectivity index (χ4n) is 0.870. The van der Waals surface area contributed by atoms with Gasteiger partial charge in [-0.3, -0.25) is 0 Å². The monoisotopic (exact) mass is 113 g/mol. The van der Waals surface area contributed by atoms with Crippen LogP contribution in [-0.2, 0) is 0 Å². The average Bonchev–Trinajstić information content (AvgIpc) is 2.50. The van der Waals surface area contributed by atoms with Crippen molar-refractivity contribution in [1.29, 1.82) is 0 Å². The molecule has 0 atom stereocenters. The van der Waals surface area contributed by atoms with Crippen molar-refractivity contribution in [2.24, 2.45) is 5.92 Å². The van der Waals surface area contributed by atoms with Gasteiger partial charge in [0.1, 0.15) is 0 Å². The first-order chi connectivity index (χ1) is 3.83. The molecule has 0 radical (unpaired) electrons.